The fraction of sp³-hybridized carbons (Fsp3) is 0.133. The first-order valence-electron chi connectivity index (χ1n) is 5.86. The Bertz CT molecular complexity index is 632. The molecule has 3 nitrogen and oxygen atoms in total. The Morgan fingerprint density at radius 2 is 2.00 bits per heavy atom. The number of nitrogens with two attached hydrogens (primary N) is 1. The highest BCUT2D eigenvalue weighted by Gasteiger charge is 2.09. The maximum Gasteiger partial charge on any atom is 0.123 e. The van der Waals surface area contributed by atoms with Crippen LogP contribution in [0, 0.1) is 17.1 Å². The molecule has 0 bridgehead atoms. The lowest BCUT2D eigenvalue weighted by Gasteiger charge is -2.21. The summed E-state index contributed by atoms with van der Waals surface area (Å²) < 4.78 is 13.3. The van der Waals surface area contributed by atoms with Gasteiger partial charge in [-0.2, -0.15) is 5.26 Å². The van der Waals surface area contributed by atoms with Gasteiger partial charge >= 0.3 is 0 Å². The Morgan fingerprint density at radius 1 is 1.26 bits per heavy atom. The van der Waals surface area contributed by atoms with E-state index in [1.165, 1.54) is 18.2 Å². The van der Waals surface area contributed by atoms with Gasteiger partial charge in [-0.05, 0) is 35.9 Å². The molecule has 2 N–H and O–H groups in total. The smallest absolute Gasteiger partial charge is 0.123 e. The summed E-state index contributed by atoms with van der Waals surface area (Å²) in [6, 6.07) is 13.7. The van der Waals surface area contributed by atoms with Crippen LogP contribution in [0.3, 0.4) is 0 Å². The van der Waals surface area contributed by atoms with E-state index in [9.17, 15) is 4.39 Å². The van der Waals surface area contributed by atoms with Crippen LogP contribution < -0.4 is 10.6 Å². The second kappa shape index (κ2) is 5.40. The zero-order valence-electron chi connectivity index (χ0n) is 10.6. The van der Waals surface area contributed by atoms with Crippen molar-refractivity contribution < 1.29 is 4.39 Å². The van der Waals surface area contributed by atoms with Crippen molar-refractivity contribution in [3.05, 3.63) is 59.4 Å². The number of nitriles is 1. The molecule has 0 atom stereocenters. The Hall–Kier alpha value is -2.54. The largest absolute Gasteiger partial charge is 0.397 e. The third-order valence-electron chi connectivity index (χ3n) is 2.94. The highest BCUT2D eigenvalue weighted by Crippen LogP contribution is 2.23. The molecule has 0 aliphatic carbocycles. The zero-order valence-corrected chi connectivity index (χ0v) is 10.6. The van der Waals surface area contributed by atoms with Crippen molar-refractivity contribution in [3.63, 3.8) is 0 Å². The lowest BCUT2D eigenvalue weighted by Crippen LogP contribution is -2.18. The first kappa shape index (κ1) is 12.9. The van der Waals surface area contributed by atoms with E-state index in [0.717, 1.165) is 5.69 Å². The SMILES string of the molecule is CN(Cc1cc(F)ccc1C#N)c1ccccc1N. The maximum atomic E-state index is 13.3. The molecule has 2 rings (SSSR count). The number of anilines is 2. The van der Waals surface area contributed by atoms with Crippen LogP contribution >= 0.6 is 0 Å². The second-order valence-corrected chi connectivity index (χ2v) is 4.33. The van der Waals surface area contributed by atoms with Crippen LogP contribution in [0.25, 0.3) is 0 Å². The topological polar surface area (TPSA) is 53.0 Å². The summed E-state index contributed by atoms with van der Waals surface area (Å²) in [5.41, 5.74) is 8.53. The fourth-order valence-electron chi connectivity index (χ4n) is 1.98. The van der Waals surface area contributed by atoms with E-state index in [0.29, 0.717) is 23.4 Å². The van der Waals surface area contributed by atoms with Gasteiger partial charge in [0.25, 0.3) is 0 Å². The van der Waals surface area contributed by atoms with E-state index in [1.54, 1.807) is 0 Å². The number of para-hydroxylation sites is 2. The van der Waals surface area contributed by atoms with Gasteiger partial charge in [-0.3, -0.25) is 0 Å². The summed E-state index contributed by atoms with van der Waals surface area (Å²) in [5, 5.41) is 9.03. The van der Waals surface area contributed by atoms with Crippen LogP contribution in [0.15, 0.2) is 42.5 Å². The van der Waals surface area contributed by atoms with Crippen LogP contribution in [0.1, 0.15) is 11.1 Å². The van der Waals surface area contributed by atoms with Gasteiger partial charge in [0.2, 0.25) is 0 Å². The van der Waals surface area contributed by atoms with E-state index in [4.69, 9.17) is 11.0 Å². The molecule has 0 saturated carbocycles. The number of hydrogen-bond acceptors (Lipinski definition) is 3. The minimum atomic E-state index is -0.344. The molecule has 0 amide bonds. The summed E-state index contributed by atoms with van der Waals surface area (Å²) in [7, 11) is 1.86. The molecule has 0 aliphatic rings. The molecule has 96 valence electrons. The number of nitrogen functional groups attached to an aromatic ring is 1. The molecule has 0 aliphatic heterocycles. The van der Waals surface area contributed by atoms with Gasteiger partial charge in [-0.25, -0.2) is 4.39 Å². The molecule has 2 aromatic rings. The molecule has 2 aromatic carbocycles. The van der Waals surface area contributed by atoms with Gasteiger partial charge in [0.05, 0.1) is 23.0 Å². The van der Waals surface area contributed by atoms with Crippen LogP contribution in [0.5, 0.6) is 0 Å². The highest BCUT2D eigenvalue weighted by atomic mass is 19.1. The van der Waals surface area contributed by atoms with E-state index < -0.39 is 0 Å². The molecular formula is C15H14FN3. The normalized spacial score (nSPS) is 9.95. The van der Waals surface area contributed by atoms with Crippen LogP contribution in [-0.2, 0) is 6.54 Å². The summed E-state index contributed by atoms with van der Waals surface area (Å²) >= 11 is 0. The molecule has 4 heteroatoms. The number of benzene rings is 2. The number of halogens is 1. The Kier molecular flexibility index (Phi) is 3.67. The van der Waals surface area contributed by atoms with Crippen molar-refractivity contribution in [3.8, 4) is 6.07 Å². The molecular weight excluding hydrogens is 241 g/mol. The summed E-state index contributed by atoms with van der Waals surface area (Å²) in [6.07, 6.45) is 0. The lowest BCUT2D eigenvalue weighted by molar-refractivity contribution is 0.625. The molecule has 0 heterocycles. The molecule has 19 heavy (non-hydrogen) atoms. The van der Waals surface area contributed by atoms with Crippen molar-refractivity contribution in [1.29, 1.82) is 5.26 Å². The Labute approximate surface area is 111 Å². The van der Waals surface area contributed by atoms with Crippen LogP contribution in [0.2, 0.25) is 0 Å². The van der Waals surface area contributed by atoms with Gasteiger partial charge in [0, 0.05) is 13.6 Å². The van der Waals surface area contributed by atoms with Crippen molar-refractivity contribution >= 4 is 11.4 Å². The van der Waals surface area contributed by atoms with Gasteiger partial charge in [0.15, 0.2) is 0 Å². The third kappa shape index (κ3) is 2.83. The van der Waals surface area contributed by atoms with E-state index in [1.807, 2.05) is 36.2 Å². The predicted molar refractivity (Wildman–Crippen MR) is 74.1 cm³/mol. The van der Waals surface area contributed by atoms with Crippen LogP contribution in [0.4, 0.5) is 15.8 Å². The van der Waals surface area contributed by atoms with Gasteiger partial charge in [-0.1, -0.05) is 12.1 Å². The summed E-state index contributed by atoms with van der Waals surface area (Å²) in [5.74, 6) is -0.344. The minimum Gasteiger partial charge on any atom is -0.397 e. The number of rotatable bonds is 3. The highest BCUT2D eigenvalue weighted by molar-refractivity contribution is 5.67. The minimum absolute atomic E-state index is 0.344. The van der Waals surface area contributed by atoms with Crippen molar-refractivity contribution in [2.75, 3.05) is 17.7 Å². The van der Waals surface area contributed by atoms with E-state index >= 15 is 0 Å². The Morgan fingerprint density at radius 3 is 2.68 bits per heavy atom. The molecule has 0 radical (unpaired) electrons. The van der Waals surface area contributed by atoms with E-state index in [-0.39, 0.29) is 5.82 Å². The molecule has 0 spiro atoms. The number of hydrogen-bond donors (Lipinski definition) is 1. The van der Waals surface area contributed by atoms with Gasteiger partial charge in [-0.15, -0.1) is 0 Å². The molecule has 0 aromatic heterocycles. The average Bonchev–Trinajstić information content (AvgIpc) is 2.39. The van der Waals surface area contributed by atoms with Crippen LogP contribution in [-0.4, -0.2) is 7.05 Å². The predicted octanol–water partition coefficient (Wildman–Crippen LogP) is 2.92. The molecule has 0 saturated heterocycles. The van der Waals surface area contributed by atoms with Crippen molar-refractivity contribution in [2.24, 2.45) is 0 Å². The fourth-order valence-corrected chi connectivity index (χ4v) is 1.98. The third-order valence-corrected chi connectivity index (χ3v) is 2.94. The monoisotopic (exact) mass is 255 g/mol. The van der Waals surface area contributed by atoms with Crippen molar-refractivity contribution in [1.82, 2.24) is 0 Å². The number of nitrogens with zero attached hydrogens (tertiary/aromatic N) is 2. The van der Waals surface area contributed by atoms with Gasteiger partial charge < -0.3 is 10.6 Å². The standard InChI is InChI=1S/C15H14FN3/c1-19(15-5-3-2-4-14(15)18)10-12-8-13(16)7-6-11(12)9-17/h2-8H,10,18H2,1H3. The molecule has 0 fully saturated rings. The summed E-state index contributed by atoms with van der Waals surface area (Å²) in [6.45, 7) is 0.425. The Balaban J connectivity index is 2.29. The quantitative estimate of drug-likeness (QED) is 0.858. The maximum absolute atomic E-state index is 13.3. The first-order chi connectivity index (χ1) is 9.11. The van der Waals surface area contributed by atoms with E-state index in [2.05, 4.69) is 6.07 Å². The van der Waals surface area contributed by atoms with Crippen molar-refractivity contribution in [2.45, 2.75) is 6.54 Å². The second-order valence-electron chi connectivity index (χ2n) is 4.33. The summed E-state index contributed by atoms with van der Waals surface area (Å²) in [4.78, 5) is 1.89. The average molecular weight is 255 g/mol. The zero-order chi connectivity index (χ0) is 13.8. The first-order valence-corrected chi connectivity index (χ1v) is 5.86. The van der Waals surface area contributed by atoms with Gasteiger partial charge in [0.1, 0.15) is 5.82 Å². The lowest BCUT2D eigenvalue weighted by atomic mass is 10.1. The molecule has 0 unspecified atom stereocenters.